The van der Waals surface area contributed by atoms with E-state index in [0.717, 1.165) is 18.5 Å². The van der Waals surface area contributed by atoms with Crippen LogP contribution in [0.15, 0.2) is 77.6 Å². The van der Waals surface area contributed by atoms with E-state index in [0.29, 0.717) is 23.0 Å². The lowest BCUT2D eigenvalue weighted by molar-refractivity contribution is -0.117. The maximum Gasteiger partial charge on any atom is 0.276 e. The molecule has 1 fully saturated rings. The second-order valence-corrected chi connectivity index (χ2v) is 7.61. The van der Waals surface area contributed by atoms with Crippen molar-refractivity contribution in [1.82, 2.24) is 25.6 Å². The summed E-state index contributed by atoms with van der Waals surface area (Å²) in [5.41, 5.74) is 8.60. The van der Waals surface area contributed by atoms with E-state index in [4.69, 9.17) is 5.73 Å². The molecule has 10 heteroatoms. The van der Waals surface area contributed by atoms with Gasteiger partial charge in [-0.3, -0.25) is 14.6 Å². The third-order valence-electron chi connectivity index (χ3n) is 5.08. The monoisotopic (exact) mass is 456 g/mol. The van der Waals surface area contributed by atoms with Gasteiger partial charge in [0.05, 0.1) is 41.4 Å². The van der Waals surface area contributed by atoms with Gasteiger partial charge in [-0.1, -0.05) is 18.2 Å². The Bertz CT molecular complexity index is 1240. The van der Waals surface area contributed by atoms with Gasteiger partial charge in [-0.25, -0.2) is 15.0 Å². The molecule has 2 aromatic heterocycles. The summed E-state index contributed by atoms with van der Waals surface area (Å²) in [6.45, 7) is 0. The molecular formula is C24H24N8O2. The number of aliphatic imine (C=N–C) groups is 1. The van der Waals surface area contributed by atoms with Crippen LogP contribution in [0.5, 0.6) is 0 Å². The number of nitrogens with zero attached hydrogens (tertiary/aromatic N) is 4. The highest BCUT2D eigenvalue weighted by molar-refractivity contribution is 6.05. The maximum atomic E-state index is 13.4. The molecule has 0 saturated heterocycles. The summed E-state index contributed by atoms with van der Waals surface area (Å²) >= 11 is 0. The lowest BCUT2D eigenvalue weighted by Gasteiger charge is -2.14. The lowest BCUT2D eigenvalue weighted by atomic mass is 10.2. The number of anilines is 2. The van der Waals surface area contributed by atoms with E-state index in [2.05, 4.69) is 35.9 Å². The molecular weight excluding hydrogens is 432 g/mol. The Hall–Kier alpha value is -4.60. The van der Waals surface area contributed by atoms with Crippen molar-refractivity contribution in [2.24, 2.45) is 10.7 Å². The average Bonchev–Trinajstić information content (AvgIpc) is 3.72. The Morgan fingerprint density at radius 3 is 2.50 bits per heavy atom. The Morgan fingerprint density at radius 1 is 1.09 bits per heavy atom. The number of carbonyl (C=O) groups is 2. The minimum Gasteiger partial charge on any atom is -0.393 e. The predicted octanol–water partition coefficient (Wildman–Crippen LogP) is 2.54. The van der Waals surface area contributed by atoms with Crippen molar-refractivity contribution < 1.29 is 9.59 Å². The third kappa shape index (κ3) is 5.60. The minimum atomic E-state index is -0.547. The maximum absolute atomic E-state index is 13.4. The normalized spacial score (nSPS) is 13.8. The van der Waals surface area contributed by atoms with Crippen LogP contribution in [-0.2, 0) is 4.79 Å². The van der Waals surface area contributed by atoms with Gasteiger partial charge in [-0.15, -0.1) is 0 Å². The van der Waals surface area contributed by atoms with Crippen LogP contribution in [0.2, 0.25) is 0 Å². The lowest BCUT2D eigenvalue weighted by Crippen LogP contribution is -2.33. The van der Waals surface area contributed by atoms with Crippen LogP contribution < -0.4 is 21.7 Å². The summed E-state index contributed by atoms with van der Waals surface area (Å²) in [5, 5.41) is 8.28. The fourth-order valence-corrected chi connectivity index (χ4v) is 3.13. The van der Waals surface area contributed by atoms with Crippen LogP contribution in [-0.4, -0.2) is 40.0 Å². The number of aromatic nitrogens is 3. The third-order valence-corrected chi connectivity index (χ3v) is 5.08. The van der Waals surface area contributed by atoms with E-state index in [9.17, 15) is 9.59 Å². The molecule has 0 atom stereocenters. The summed E-state index contributed by atoms with van der Waals surface area (Å²) < 4.78 is 0. The Morgan fingerprint density at radius 2 is 1.82 bits per heavy atom. The highest BCUT2D eigenvalue weighted by atomic mass is 16.2. The second kappa shape index (κ2) is 10.3. The fraction of sp³-hybridized carbons (Fsp3) is 0.167. The number of hydrogen-bond acceptors (Lipinski definition) is 8. The van der Waals surface area contributed by atoms with Crippen molar-refractivity contribution in [3.05, 3.63) is 84.0 Å². The summed E-state index contributed by atoms with van der Waals surface area (Å²) in [6.07, 6.45) is 8.01. The molecule has 3 aromatic rings. The quantitative estimate of drug-likeness (QED) is 0.301. The van der Waals surface area contributed by atoms with Gasteiger partial charge >= 0.3 is 0 Å². The summed E-state index contributed by atoms with van der Waals surface area (Å²) in [4.78, 5) is 42.5. The van der Waals surface area contributed by atoms with Crippen LogP contribution in [0, 0.1) is 0 Å². The standard InChI is InChI=1S/C24H24N8O2/c1-26-23(33)21(25)20(13-29-16-5-3-2-4-6-16)32-24(34)22-19(30-17-11-27-14-28-12-17)10-9-18(31-22)15-7-8-15/h2-6,9-15,30H,7-8,25H2,1H3,(H,26,33)(H,32,34). The largest absolute Gasteiger partial charge is 0.393 e. The van der Waals surface area contributed by atoms with E-state index in [1.807, 2.05) is 24.3 Å². The van der Waals surface area contributed by atoms with E-state index in [1.54, 1.807) is 30.6 Å². The molecule has 172 valence electrons. The number of para-hydroxylation sites is 1. The topological polar surface area (TPSA) is 147 Å². The number of benzene rings is 1. The SMILES string of the molecule is CNC(=O)C(N)=C(C=Nc1ccccc1)NC(=O)c1nc(C2CC2)ccc1Nc1cncnc1. The molecule has 1 aromatic carbocycles. The van der Waals surface area contributed by atoms with Crippen molar-refractivity contribution in [3.63, 3.8) is 0 Å². The molecule has 0 spiro atoms. The molecule has 10 nitrogen and oxygen atoms in total. The zero-order valence-corrected chi connectivity index (χ0v) is 18.5. The zero-order chi connectivity index (χ0) is 23.9. The second-order valence-electron chi connectivity index (χ2n) is 7.61. The van der Waals surface area contributed by atoms with Crippen molar-refractivity contribution in [2.75, 3.05) is 12.4 Å². The minimum absolute atomic E-state index is 0.0563. The van der Waals surface area contributed by atoms with Crippen LogP contribution in [0.4, 0.5) is 17.1 Å². The molecule has 1 aliphatic carbocycles. The number of hydrogen-bond donors (Lipinski definition) is 4. The van der Waals surface area contributed by atoms with Gasteiger partial charge in [-0.2, -0.15) is 0 Å². The molecule has 0 radical (unpaired) electrons. The van der Waals surface area contributed by atoms with Crippen molar-refractivity contribution in [1.29, 1.82) is 0 Å². The van der Waals surface area contributed by atoms with E-state index < -0.39 is 11.8 Å². The molecule has 0 bridgehead atoms. The Balaban J connectivity index is 1.66. The molecule has 2 amide bonds. The van der Waals surface area contributed by atoms with Gasteiger partial charge in [0.25, 0.3) is 11.8 Å². The molecule has 1 saturated carbocycles. The number of rotatable bonds is 8. The van der Waals surface area contributed by atoms with Gasteiger partial charge in [0.2, 0.25) is 0 Å². The number of pyridine rings is 1. The van der Waals surface area contributed by atoms with Crippen molar-refractivity contribution in [3.8, 4) is 0 Å². The Kier molecular flexibility index (Phi) is 6.87. The molecule has 5 N–H and O–H groups in total. The van der Waals surface area contributed by atoms with Gasteiger partial charge in [0.15, 0.2) is 5.69 Å². The average molecular weight is 457 g/mol. The van der Waals surface area contributed by atoms with Crippen molar-refractivity contribution >= 4 is 35.1 Å². The summed E-state index contributed by atoms with van der Waals surface area (Å²) in [7, 11) is 1.45. The predicted molar refractivity (Wildman–Crippen MR) is 129 cm³/mol. The fourth-order valence-electron chi connectivity index (χ4n) is 3.13. The van der Waals surface area contributed by atoms with E-state index >= 15 is 0 Å². The molecule has 0 unspecified atom stereocenters. The first-order valence-electron chi connectivity index (χ1n) is 10.7. The number of likely N-dealkylation sites (N-methyl/N-ethyl adjacent to an activating group) is 1. The highest BCUT2D eigenvalue weighted by Gasteiger charge is 2.27. The van der Waals surface area contributed by atoms with Crippen LogP contribution in [0.3, 0.4) is 0 Å². The molecule has 2 heterocycles. The van der Waals surface area contributed by atoms with Gasteiger partial charge in [0.1, 0.15) is 12.0 Å². The molecule has 4 rings (SSSR count). The summed E-state index contributed by atoms with van der Waals surface area (Å²) in [5.74, 6) is -0.747. The number of amides is 2. The van der Waals surface area contributed by atoms with Gasteiger partial charge in [0, 0.05) is 18.7 Å². The van der Waals surface area contributed by atoms with Crippen LogP contribution in [0.25, 0.3) is 0 Å². The van der Waals surface area contributed by atoms with Crippen molar-refractivity contribution in [2.45, 2.75) is 18.8 Å². The molecule has 34 heavy (non-hydrogen) atoms. The Labute approximate surface area is 196 Å². The molecule has 0 aliphatic heterocycles. The van der Waals surface area contributed by atoms with Crippen LogP contribution >= 0.6 is 0 Å². The first-order chi connectivity index (χ1) is 16.5. The zero-order valence-electron chi connectivity index (χ0n) is 18.5. The van der Waals surface area contributed by atoms with Crippen LogP contribution in [0.1, 0.15) is 34.9 Å². The van der Waals surface area contributed by atoms with E-state index in [1.165, 1.54) is 19.6 Å². The molecule has 1 aliphatic rings. The number of carbonyl (C=O) groups excluding carboxylic acids is 2. The smallest absolute Gasteiger partial charge is 0.276 e. The number of allylic oxidation sites excluding steroid dienone is 1. The first-order valence-corrected chi connectivity index (χ1v) is 10.7. The first kappa shape index (κ1) is 22.6. The van der Waals surface area contributed by atoms with Gasteiger partial charge in [-0.05, 0) is 37.1 Å². The highest BCUT2D eigenvalue weighted by Crippen LogP contribution is 2.39. The van der Waals surface area contributed by atoms with Gasteiger partial charge < -0.3 is 21.7 Å². The number of nitrogens with two attached hydrogens (primary N) is 1. The summed E-state index contributed by atoms with van der Waals surface area (Å²) in [6, 6.07) is 12.8. The van der Waals surface area contributed by atoms with E-state index in [-0.39, 0.29) is 17.1 Å². The number of nitrogens with one attached hydrogen (secondary N) is 3.